The summed E-state index contributed by atoms with van der Waals surface area (Å²) in [6, 6.07) is 10.6. The lowest BCUT2D eigenvalue weighted by Gasteiger charge is -2.51. The van der Waals surface area contributed by atoms with Crippen LogP contribution in [0.2, 0.25) is 0 Å². The Bertz CT molecular complexity index is 952. The molecule has 1 amide bonds. The zero-order chi connectivity index (χ0) is 22.9. The lowest BCUT2D eigenvalue weighted by Crippen LogP contribution is -2.64. The number of hydrogen-bond donors (Lipinski definition) is 1. The van der Waals surface area contributed by atoms with Crippen LogP contribution in [0.3, 0.4) is 0 Å². The normalized spacial score (nSPS) is 25.5. The van der Waals surface area contributed by atoms with Crippen molar-refractivity contribution in [2.45, 2.75) is 49.7 Å². The maximum absolute atomic E-state index is 14.3. The van der Waals surface area contributed by atoms with E-state index in [2.05, 4.69) is 0 Å². The van der Waals surface area contributed by atoms with Crippen molar-refractivity contribution in [3.63, 3.8) is 0 Å². The second-order valence-electron chi connectivity index (χ2n) is 8.41. The van der Waals surface area contributed by atoms with Gasteiger partial charge in [-0.05, 0) is 36.1 Å². The van der Waals surface area contributed by atoms with Gasteiger partial charge in [-0.3, -0.25) is 4.90 Å². The molecule has 2 aliphatic rings. The van der Waals surface area contributed by atoms with Gasteiger partial charge in [0, 0.05) is 6.42 Å². The largest absolute Gasteiger partial charge is 0.445 e. The van der Waals surface area contributed by atoms with E-state index in [1.165, 1.54) is 0 Å². The van der Waals surface area contributed by atoms with E-state index in [0.29, 0.717) is 6.07 Å². The Morgan fingerprint density at radius 2 is 1.78 bits per heavy atom. The van der Waals surface area contributed by atoms with Gasteiger partial charge in [-0.1, -0.05) is 36.4 Å². The maximum Gasteiger partial charge on any atom is 0.416 e. The third-order valence-corrected chi connectivity index (χ3v) is 5.95. The standard InChI is InChI=1S/C23H23F4NO4/c24-20-8-17(23(25,26)27)7-6-16(20)9-22(30)10-18-13-31-14-19(11-22)28(18)21(29)32-12-15-4-2-1-3-5-15/h1-8,18-19,30H,9-14H2. The van der Waals surface area contributed by atoms with Crippen molar-refractivity contribution in [2.24, 2.45) is 0 Å². The van der Waals surface area contributed by atoms with Gasteiger partial charge in [0.25, 0.3) is 0 Å². The number of alkyl halides is 3. The topological polar surface area (TPSA) is 59.0 Å². The zero-order valence-corrected chi connectivity index (χ0v) is 17.1. The molecule has 32 heavy (non-hydrogen) atoms. The van der Waals surface area contributed by atoms with Gasteiger partial charge in [-0.25, -0.2) is 9.18 Å². The fraction of sp³-hybridized carbons (Fsp3) is 0.435. The highest BCUT2D eigenvalue weighted by molar-refractivity contribution is 5.69. The number of rotatable bonds is 4. The van der Waals surface area contributed by atoms with Gasteiger partial charge in [0.15, 0.2) is 0 Å². The predicted molar refractivity (Wildman–Crippen MR) is 106 cm³/mol. The van der Waals surface area contributed by atoms with E-state index in [-0.39, 0.29) is 44.6 Å². The first-order valence-corrected chi connectivity index (χ1v) is 10.3. The number of ether oxygens (including phenoxy) is 2. The van der Waals surface area contributed by atoms with Crippen LogP contribution in [0.5, 0.6) is 0 Å². The van der Waals surface area contributed by atoms with E-state index in [0.717, 1.165) is 17.7 Å². The van der Waals surface area contributed by atoms with Crippen molar-refractivity contribution in [3.8, 4) is 0 Å². The van der Waals surface area contributed by atoms with Crippen molar-refractivity contribution in [3.05, 3.63) is 71.0 Å². The molecule has 0 radical (unpaired) electrons. The summed E-state index contributed by atoms with van der Waals surface area (Å²) in [5.74, 6) is -1.01. The number of hydrogen-bond acceptors (Lipinski definition) is 4. The lowest BCUT2D eigenvalue weighted by atomic mass is 9.77. The Labute approximate surface area is 182 Å². The molecule has 2 fully saturated rings. The first-order valence-electron chi connectivity index (χ1n) is 10.3. The van der Waals surface area contributed by atoms with Crippen LogP contribution < -0.4 is 0 Å². The second-order valence-corrected chi connectivity index (χ2v) is 8.41. The summed E-state index contributed by atoms with van der Waals surface area (Å²) in [7, 11) is 0. The van der Waals surface area contributed by atoms with Crippen LogP contribution in [0, 0.1) is 5.82 Å². The fourth-order valence-corrected chi connectivity index (χ4v) is 4.53. The van der Waals surface area contributed by atoms with Crippen LogP contribution in [0.15, 0.2) is 48.5 Å². The van der Waals surface area contributed by atoms with Gasteiger partial charge in [-0.15, -0.1) is 0 Å². The summed E-state index contributed by atoms with van der Waals surface area (Å²) in [5.41, 5.74) is -1.62. The van der Waals surface area contributed by atoms with Crippen LogP contribution in [-0.4, -0.2) is 47.0 Å². The number of carbonyl (C=O) groups excluding carboxylic acids is 1. The quantitative estimate of drug-likeness (QED) is 0.701. The molecule has 2 saturated heterocycles. The summed E-state index contributed by atoms with van der Waals surface area (Å²) in [6.45, 7) is 0.487. The zero-order valence-electron chi connectivity index (χ0n) is 17.1. The first-order chi connectivity index (χ1) is 15.1. The SMILES string of the molecule is O=C(OCc1ccccc1)N1C2COCC1CC(O)(Cc1ccc(C(F)(F)F)cc1F)C2. The third kappa shape index (κ3) is 4.88. The van der Waals surface area contributed by atoms with Crippen LogP contribution in [0.1, 0.15) is 29.5 Å². The average Bonchev–Trinajstić information content (AvgIpc) is 2.73. The summed E-state index contributed by atoms with van der Waals surface area (Å²) in [4.78, 5) is 14.3. The number of amides is 1. The Kier molecular flexibility index (Phi) is 6.13. The summed E-state index contributed by atoms with van der Waals surface area (Å²) in [6.07, 6.45) is -5.11. The van der Waals surface area contributed by atoms with E-state index in [1.807, 2.05) is 30.3 Å². The highest BCUT2D eigenvalue weighted by atomic mass is 19.4. The minimum atomic E-state index is -4.64. The van der Waals surface area contributed by atoms with E-state index < -0.39 is 41.3 Å². The minimum Gasteiger partial charge on any atom is -0.445 e. The monoisotopic (exact) mass is 453 g/mol. The Morgan fingerprint density at radius 1 is 1.12 bits per heavy atom. The number of piperidine rings is 1. The maximum atomic E-state index is 14.3. The van der Waals surface area contributed by atoms with Crippen LogP contribution in [-0.2, 0) is 28.7 Å². The molecule has 0 aromatic heterocycles. The van der Waals surface area contributed by atoms with Gasteiger partial charge in [0.1, 0.15) is 12.4 Å². The fourth-order valence-electron chi connectivity index (χ4n) is 4.53. The molecule has 2 aromatic rings. The number of halogens is 4. The molecule has 5 nitrogen and oxygen atoms in total. The van der Waals surface area contributed by atoms with E-state index in [4.69, 9.17) is 9.47 Å². The molecule has 0 aliphatic carbocycles. The molecular formula is C23H23F4NO4. The molecule has 2 aliphatic heterocycles. The number of benzene rings is 2. The highest BCUT2D eigenvalue weighted by Gasteiger charge is 2.49. The van der Waals surface area contributed by atoms with Gasteiger partial charge in [0.2, 0.25) is 0 Å². The summed E-state index contributed by atoms with van der Waals surface area (Å²) >= 11 is 0. The van der Waals surface area contributed by atoms with Gasteiger partial charge in [-0.2, -0.15) is 13.2 Å². The Hall–Kier alpha value is -2.65. The molecule has 0 spiro atoms. The molecule has 2 atom stereocenters. The van der Waals surface area contributed by atoms with Crippen molar-refractivity contribution >= 4 is 6.09 Å². The minimum absolute atomic E-state index is 0.000374. The predicted octanol–water partition coefficient (Wildman–Crippen LogP) is 4.32. The van der Waals surface area contributed by atoms with Crippen molar-refractivity contribution in [1.29, 1.82) is 0 Å². The molecule has 1 N–H and O–H groups in total. The number of aliphatic hydroxyl groups is 1. The summed E-state index contributed by atoms with van der Waals surface area (Å²) < 4.78 is 63.7. The molecule has 2 heterocycles. The van der Waals surface area contributed by atoms with Crippen LogP contribution >= 0.6 is 0 Å². The van der Waals surface area contributed by atoms with Crippen molar-refractivity contribution in [1.82, 2.24) is 4.90 Å². The average molecular weight is 453 g/mol. The lowest BCUT2D eigenvalue weighted by molar-refractivity contribution is -0.137. The van der Waals surface area contributed by atoms with Gasteiger partial charge >= 0.3 is 12.3 Å². The number of fused-ring (bicyclic) bond motifs is 2. The number of morpholine rings is 1. The molecule has 9 heteroatoms. The number of nitrogens with zero attached hydrogens (tertiary/aromatic N) is 1. The van der Waals surface area contributed by atoms with E-state index in [1.54, 1.807) is 4.90 Å². The Balaban J connectivity index is 1.45. The van der Waals surface area contributed by atoms with E-state index >= 15 is 0 Å². The van der Waals surface area contributed by atoms with Gasteiger partial charge in [0.05, 0.1) is 36.5 Å². The van der Waals surface area contributed by atoms with Crippen LogP contribution in [0.4, 0.5) is 22.4 Å². The summed E-state index contributed by atoms with van der Waals surface area (Å²) in [5, 5.41) is 11.2. The number of carbonyl (C=O) groups is 1. The molecule has 2 aromatic carbocycles. The smallest absolute Gasteiger partial charge is 0.416 e. The Morgan fingerprint density at radius 3 is 2.38 bits per heavy atom. The second kappa shape index (κ2) is 8.71. The third-order valence-electron chi connectivity index (χ3n) is 5.95. The molecule has 4 rings (SSSR count). The molecule has 172 valence electrons. The van der Waals surface area contributed by atoms with Gasteiger partial charge < -0.3 is 14.6 Å². The molecule has 0 saturated carbocycles. The molecular weight excluding hydrogens is 430 g/mol. The van der Waals surface area contributed by atoms with Crippen LogP contribution in [0.25, 0.3) is 0 Å². The van der Waals surface area contributed by atoms with Crippen molar-refractivity contribution < 1.29 is 36.9 Å². The van der Waals surface area contributed by atoms with Crippen molar-refractivity contribution in [2.75, 3.05) is 13.2 Å². The molecule has 2 unspecified atom stereocenters. The highest BCUT2D eigenvalue weighted by Crippen LogP contribution is 2.38. The van der Waals surface area contributed by atoms with E-state index in [9.17, 15) is 27.5 Å². The first kappa shape index (κ1) is 22.5. The molecule has 2 bridgehead atoms.